The van der Waals surface area contributed by atoms with E-state index in [2.05, 4.69) is 10.2 Å². The van der Waals surface area contributed by atoms with Crippen LogP contribution in [0.25, 0.3) is 0 Å². The van der Waals surface area contributed by atoms with Crippen molar-refractivity contribution in [3.8, 4) is 5.75 Å². The molecule has 1 aromatic rings. The lowest BCUT2D eigenvalue weighted by Gasteiger charge is -2.38. The number of nitrogen functional groups attached to an aromatic ring is 1. The van der Waals surface area contributed by atoms with Crippen molar-refractivity contribution in [3.05, 3.63) is 22.2 Å². The van der Waals surface area contributed by atoms with Crippen LogP contribution >= 0.6 is 11.6 Å². The number of benzene rings is 1. The van der Waals surface area contributed by atoms with Crippen LogP contribution in [0.5, 0.6) is 5.75 Å². The Labute approximate surface area is 212 Å². The number of rotatable bonds is 5. The number of halogens is 1. The molecular formula is C25H37ClN4O5. The number of likely N-dealkylation sites (tertiary alicyclic amines) is 1. The number of carbonyl (C=O) groups excluding carboxylic acids is 2. The summed E-state index contributed by atoms with van der Waals surface area (Å²) in [5.74, 6) is 0.826. The summed E-state index contributed by atoms with van der Waals surface area (Å²) in [5, 5.41) is 3.35. The number of fused-ring (bicyclic) bond motifs is 1. The van der Waals surface area contributed by atoms with Crippen LogP contribution in [0.1, 0.15) is 49.5 Å². The molecule has 0 spiro atoms. The lowest BCUT2D eigenvalue weighted by molar-refractivity contribution is -0.0342. The lowest BCUT2D eigenvalue weighted by atomic mass is 9.96. The smallest absolute Gasteiger partial charge is 0.410 e. The highest BCUT2D eigenvalue weighted by molar-refractivity contribution is 6.33. The van der Waals surface area contributed by atoms with Crippen molar-refractivity contribution in [1.29, 1.82) is 0 Å². The number of nitrogens with two attached hydrogens (primary N) is 1. The van der Waals surface area contributed by atoms with Gasteiger partial charge in [0.2, 0.25) is 0 Å². The van der Waals surface area contributed by atoms with Crippen LogP contribution < -0.4 is 15.8 Å². The van der Waals surface area contributed by atoms with Gasteiger partial charge < -0.3 is 30.2 Å². The number of nitrogens with zero attached hydrogens (tertiary/aromatic N) is 2. The van der Waals surface area contributed by atoms with Gasteiger partial charge in [0.25, 0.3) is 5.91 Å². The van der Waals surface area contributed by atoms with Gasteiger partial charge in [0, 0.05) is 51.3 Å². The molecule has 10 heteroatoms. The van der Waals surface area contributed by atoms with Crippen LogP contribution in [0.3, 0.4) is 0 Å². The third kappa shape index (κ3) is 6.51. The Kier molecular flexibility index (Phi) is 7.98. The quantitative estimate of drug-likeness (QED) is 0.589. The van der Waals surface area contributed by atoms with E-state index >= 15 is 0 Å². The first-order chi connectivity index (χ1) is 16.6. The van der Waals surface area contributed by atoms with E-state index in [1.54, 1.807) is 6.07 Å². The predicted octanol–water partition coefficient (Wildman–Crippen LogP) is 2.93. The Morgan fingerprint density at radius 3 is 2.69 bits per heavy atom. The topological polar surface area (TPSA) is 106 Å². The second-order valence-corrected chi connectivity index (χ2v) is 11.0. The molecule has 0 saturated carbocycles. The number of piperidine rings is 1. The highest BCUT2D eigenvalue weighted by Crippen LogP contribution is 2.38. The molecular weight excluding hydrogens is 472 g/mol. The first kappa shape index (κ1) is 25.9. The van der Waals surface area contributed by atoms with E-state index in [-0.39, 0.29) is 18.1 Å². The number of amides is 2. The van der Waals surface area contributed by atoms with Gasteiger partial charge in [0.05, 0.1) is 35.6 Å². The Bertz CT molecular complexity index is 943. The van der Waals surface area contributed by atoms with Crippen molar-refractivity contribution in [3.63, 3.8) is 0 Å². The molecule has 3 aliphatic rings. The molecule has 2 fully saturated rings. The zero-order valence-electron chi connectivity index (χ0n) is 20.9. The van der Waals surface area contributed by atoms with Crippen molar-refractivity contribution < 1.29 is 23.8 Å². The SMILES string of the molecule is CC(C)(C)OC(=O)N1CCC(CN2CCOC(CNC(=O)c3cc(Cl)c(N)c4c3OCC4)C2)CC1. The molecule has 9 nitrogen and oxygen atoms in total. The molecule has 1 aromatic carbocycles. The van der Waals surface area contributed by atoms with Crippen molar-refractivity contribution in [2.75, 3.05) is 58.2 Å². The van der Waals surface area contributed by atoms with E-state index in [0.29, 0.717) is 54.1 Å². The summed E-state index contributed by atoms with van der Waals surface area (Å²) in [6.45, 7) is 11.2. The second kappa shape index (κ2) is 10.8. The van der Waals surface area contributed by atoms with E-state index in [4.69, 9.17) is 31.5 Å². The number of morpholine rings is 1. The predicted molar refractivity (Wildman–Crippen MR) is 134 cm³/mol. The maximum absolute atomic E-state index is 12.9. The van der Waals surface area contributed by atoms with E-state index in [9.17, 15) is 9.59 Å². The first-order valence-corrected chi connectivity index (χ1v) is 12.8. The molecule has 194 valence electrons. The number of hydrogen-bond acceptors (Lipinski definition) is 7. The van der Waals surface area contributed by atoms with Crippen LogP contribution in [0.4, 0.5) is 10.5 Å². The number of anilines is 1. The van der Waals surface area contributed by atoms with Gasteiger partial charge in [0.1, 0.15) is 11.4 Å². The summed E-state index contributed by atoms with van der Waals surface area (Å²) < 4.78 is 17.1. The van der Waals surface area contributed by atoms with Crippen molar-refractivity contribution in [2.24, 2.45) is 5.92 Å². The van der Waals surface area contributed by atoms with E-state index in [1.807, 2.05) is 25.7 Å². The molecule has 1 atom stereocenters. The van der Waals surface area contributed by atoms with Crippen LogP contribution in [-0.2, 0) is 15.9 Å². The third-order valence-electron chi connectivity index (χ3n) is 6.71. The molecule has 2 amide bonds. The van der Waals surface area contributed by atoms with E-state index in [0.717, 1.165) is 51.1 Å². The van der Waals surface area contributed by atoms with Crippen LogP contribution in [0, 0.1) is 5.92 Å². The maximum Gasteiger partial charge on any atom is 0.410 e. The summed E-state index contributed by atoms with van der Waals surface area (Å²) in [6.07, 6.45) is 2.26. The van der Waals surface area contributed by atoms with Crippen molar-refractivity contribution >= 4 is 29.3 Å². The summed E-state index contributed by atoms with van der Waals surface area (Å²) in [6, 6.07) is 1.58. The average molecular weight is 509 g/mol. The molecule has 4 rings (SSSR count). The van der Waals surface area contributed by atoms with Crippen molar-refractivity contribution in [1.82, 2.24) is 15.1 Å². The third-order valence-corrected chi connectivity index (χ3v) is 7.02. The number of ether oxygens (including phenoxy) is 3. The molecule has 3 aliphatic heterocycles. The van der Waals surface area contributed by atoms with Gasteiger partial charge in [-0.05, 0) is 45.6 Å². The van der Waals surface area contributed by atoms with Crippen LogP contribution in [0.15, 0.2) is 6.07 Å². The van der Waals surface area contributed by atoms with E-state index in [1.165, 1.54) is 0 Å². The van der Waals surface area contributed by atoms with Crippen LogP contribution in [-0.4, -0.2) is 86.0 Å². The molecule has 0 aliphatic carbocycles. The minimum Gasteiger partial charge on any atom is -0.492 e. The van der Waals surface area contributed by atoms with Gasteiger partial charge in [0.15, 0.2) is 0 Å². The fourth-order valence-corrected chi connectivity index (χ4v) is 5.12. The minimum atomic E-state index is -0.473. The molecule has 1 unspecified atom stereocenters. The maximum atomic E-state index is 12.9. The molecule has 0 bridgehead atoms. The largest absolute Gasteiger partial charge is 0.492 e. The molecule has 3 N–H and O–H groups in total. The fraction of sp³-hybridized carbons (Fsp3) is 0.680. The molecule has 3 heterocycles. The highest BCUT2D eigenvalue weighted by atomic mass is 35.5. The summed E-state index contributed by atoms with van der Waals surface area (Å²) in [7, 11) is 0. The van der Waals surface area contributed by atoms with Gasteiger partial charge in [-0.1, -0.05) is 11.6 Å². The van der Waals surface area contributed by atoms with Crippen molar-refractivity contribution in [2.45, 2.75) is 51.7 Å². The Balaban J connectivity index is 1.23. The summed E-state index contributed by atoms with van der Waals surface area (Å²) >= 11 is 6.24. The second-order valence-electron chi connectivity index (χ2n) is 10.6. The summed E-state index contributed by atoms with van der Waals surface area (Å²) in [5.41, 5.74) is 7.27. The number of carbonyl (C=O) groups is 2. The normalized spacial score (nSPS) is 21.4. The van der Waals surface area contributed by atoms with Gasteiger partial charge in [-0.3, -0.25) is 9.69 Å². The van der Waals surface area contributed by atoms with Gasteiger partial charge in [-0.25, -0.2) is 4.79 Å². The average Bonchev–Trinajstić information content (AvgIpc) is 3.30. The van der Waals surface area contributed by atoms with Gasteiger partial charge >= 0.3 is 6.09 Å². The Morgan fingerprint density at radius 1 is 1.23 bits per heavy atom. The monoisotopic (exact) mass is 508 g/mol. The number of hydrogen-bond donors (Lipinski definition) is 2. The Morgan fingerprint density at radius 2 is 1.97 bits per heavy atom. The zero-order valence-corrected chi connectivity index (χ0v) is 21.7. The van der Waals surface area contributed by atoms with Gasteiger partial charge in [-0.2, -0.15) is 0 Å². The number of nitrogens with one attached hydrogen (secondary N) is 1. The molecule has 35 heavy (non-hydrogen) atoms. The Hall–Kier alpha value is -2.23. The fourth-order valence-electron chi connectivity index (χ4n) is 4.90. The van der Waals surface area contributed by atoms with Crippen LogP contribution in [0.2, 0.25) is 5.02 Å². The molecule has 0 radical (unpaired) electrons. The van der Waals surface area contributed by atoms with Gasteiger partial charge in [-0.15, -0.1) is 0 Å². The molecule has 0 aromatic heterocycles. The highest BCUT2D eigenvalue weighted by Gasteiger charge is 2.30. The zero-order chi connectivity index (χ0) is 25.2. The standard InChI is InChI=1S/C25H37ClN4O5/c1-25(2,3)35-24(32)30-7-4-16(5-8-30)14-29-9-11-33-17(15-29)13-28-23(31)19-12-20(26)21(27)18-6-10-34-22(18)19/h12,16-17H,4-11,13-15,27H2,1-3H3,(H,28,31). The molecule has 2 saturated heterocycles. The van der Waals surface area contributed by atoms with E-state index < -0.39 is 5.60 Å². The minimum absolute atomic E-state index is 0.0900. The first-order valence-electron chi connectivity index (χ1n) is 12.4. The summed E-state index contributed by atoms with van der Waals surface area (Å²) in [4.78, 5) is 29.4. The lowest BCUT2D eigenvalue weighted by Crippen LogP contribution is -2.50.